The van der Waals surface area contributed by atoms with Crippen molar-refractivity contribution in [2.45, 2.75) is 13.0 Å². The number of aliphatic hydroxyl groups is 1. The standard InChI is InChI=1S/C8H17NO2/c1-3-5-11-7-8(10)6-9-4-2/h3,8-10H,1,4-7H2,2H3. The third-order valence-electron chi connectivity index (χ3n) is 1.18. The second-order valence-corrected chi connectivity index (χ2v) is 2.29. The van der Waals surface area contributed by atoms with E-state index in [1.165, 1.54) is 0 Å². The predicted molar refractivity (Wildman–Crippen MR) is 45.6 cm³/mol. The van der Waals surface area contributed by atoms with Crippen molar-refractivity contribution in [3.05, 3.63) is 12.7 Å². The van der Waals surface area contributed by atoms with Crippen molar-refractivity contribution in [3.8, 4) is 0 Å². The molecule has 0 bridgehead atoms. The van der Waals surface area contributed by atoms with Crippen LogP contribution in [0.25, 0.3) is 0 Å². The molecule has 1 atom stereocenters. The second kappa shape index (κ2) is 7.72. The van der Waals surface area contributed by atoms with Crippen LogP contribution in [0.5, 0.6) is 0 Å². The summed E-state index contributed by atoms with van der Waals surface area (Å²) in [6.45, 7) is 7.84. The number of rotatable bonds is 7. The summed E-state index contributed by atoms with van der Waals surface area (Å²) in [6, 6.07) is 0. The van der Waals surface area contributed by atoms with Crippen LogP contribution in [0.3, 0.4) is 0 Å². The highest BCUT2D eigenvalue weighted by Crippen LogP contribution is 1.83. The van der Waals surface area contributed by atoms with Crippen LogP contribution in [-0.2, 0) is 4.74 Å². The minimum Gasteiger partial charge on any atom is -0.389 e. The average Bonchev–Trinajstić information content (AvgIpc) is 2.01. The van der Waals surface area contributed by atoms with Gasteiger partial charge in [-0.25, -0.2) is 0 Å². The maximum atomic E-state index is 9.19. The molecule has 0 spiro atoms. The summed E-state index contributed by atoms with van der Waals surface area (Å²) in [5, 5.41) is 12.2. The second-order valence-electron chi connectivity index (χ2n) is 2.29. The first-order valence-corrected chi connectivity index (χ1v) is 3.88. The number of hydrogen-bond donors (Lipinski definition) is 2. The van der Waals surface area contributed by atoms with Crippen LogP contribution >= 0.6 is 0 Å². The Hall–Kier alpha value is -0.380. The van der Waals surface area contributed by atoms with E-state index in [9.17, 15) is 5.11 Å². The van der Waals surface area contributed by atoms with Crippen molar-refractivity contribution in [3.63, 3.8) is 0 Å². The third kappa shape index (κ3) is 7.52. The highest BCUT2D eigenvalue weighted by molar-refractivity contribution is 4.65. The minimum absolute atomic E-state index is 0.374. The quantitative estimate of drug-likeness (QED) is 0.411. The number of ether oxygens (including phenoxy) is 1. The lowest BCUT2D eigenvalue weighted by molar-refractivity contribution is 0.0498. The maximum absolute atomic E-state index is 9.19. The summed E-state index contributed by atoms with van der Waals surface area (Å²) in [5.74, 6) is 0. The molecule has 0 aliphatic carbocycles. The van der Waals surface area contributed by atoms with Crippen molar-refractivity contribution < 1.29 is 9.84 Å². The smallest absolute Gasteiger partial charge is 0.0897 e. The molecule has 11 heavy (non-hydrogen) atoms. The summed E-state index contributed by atoms with van der Waals surface area (Å²) in [7, 11) is 0. The molecule has 0 aliphatic heterocycles. The van der Waals surface area contributed by atoms with Crippen molar-refractivity contribution >= 4 is 0 Å². The third-order valence-corrected chi connectivity index (χ3v) is 1.18. The van der Waals surface area contributed by atoms with Crippen LogP contribution in [0.15, 0.2) is 12.7 Å². The molecule has 3 heteroatoms. The van der Waals surface area contributed by atoms with Crippen LogP contribution in [0, 0.1) is 0 Å². The van der Waals surface area contributed by atoms with Gasteiger partial charge in [0.25, 0.3) is 0 Å². The highest BCUT2D eigenvalue weighted by atomic mass is 16.5. The zero-order valence-corrected chi connectivity index (χ0v) is 7.05. The summed E-state index contributed by atoms with van der Waals surface area (Å²) in [5.41, 5.74) is 0. The molecular formula is C8H17NO2. The van der Waals surface area contributed by atoms with Crippen molar-refractivity contribution in [2.24, 2.45) is 0 Å². The molecule has 66 valence electrons. The first kappa shape index (κ1) is 10.6. The van der Waals surface area contributed by atoms with Gasteiger partial charge < -0.3 is 15.2 Å². The van der Waals surface area contributed by atoms with Crippen LogP contribution in [0.1, 0.15) is 6.92 Å². The van der Waals surface area contributed by atoms with E-state index in [2.05, 4.69) is 11.9 Å². The lowest BCUT2D eigenvalue weighted by Gasteiger charge is -2.09. The van der Waals surface area contributed by atoms with Gasteiger partial charge in [0, 0.05) is 6.54 Å². The SMILES string of the molecule is C=CCOCC(O)CNCC. The van der Waals surface area contributed by atoms with E-state index in [1.807, 2.05) is 6.92 Å². The lowest BCUT2D eigenvalue weighted by atomic mass is 10.4. The van der Waals surface area contributed by atoms with Gasteiger partial charge >= 0.3 is 0 Å². The highest BCUT2D eigenvalue weighted by Gasteiger charge is 2.00. The molecular weight excluding hydrogens is 142 g/mol. The van der Waals surface area contributed by atoms with Crippen molar-refractivity contribution in [2.75, 3.05) is 26.3 Å². The molecule has 0 radical (unpaired) electrons. The van der Waals surface area contributed by atoms with Crippen LogP contribution < -0.4 is 5.32 Å². The Balaban J connectivity index is 3.08. The fraction of sp³-hybridized carbons (Fsp3) is 0.750. The Kier molecular flexibility index (Phi) is 7.46. The molecule has 0 fully saturated rings. The molecule has 0 aromatic rings. The molecule has 2 N–H and O–H groups in total. The number of aliphatic hydroxyl groups excluding tert-OH is 1. The van der Waals surface area contributed by atoms with Gasteiger partial charge in [0.05, 0.1) is 19.3 Å². The Labute approximate surface area is 68.1 Å². The fourth-order valence-electron chi connectivity index (χ4n) is 0.657. The van der Waals surface area contributed by atoms with Crippen molar-refractivity contribution in [1.82, 2.24) is 5.32 Å². The first-order chi connectivity index (χ1) is 5.31. The van der Waals surface area contributed by atoms with E-state index in [1.54, 1.807) is 6.08 Å². The van der Waals surface area contributed by atoms with Crippen LogP contribution in [-0.4, -0.2) is 37.5 Å². The van der Waals surface area contributed by atoms with Crippen molar-refractivity contribution in [1.29, 1.82) is 0 Å². The number of likely N-dealkylation sites (N-methyl/N-ethyl adjacent to an activating group) is 1. The molecule has 0 aromatic heterocycles. The molecule has 0 aliphatic rings. The van der Waals surface area contributed by atoms with Crippen LogP contribution in [0.2, 0.25) is 0 Å². The van der Waals surface area contributed by atoms with Gasteiger partial charge in [-0.3, -0.25) is 0 Å². The van der Waals surface area contributed by atoms with Gasteiger partial charge in [-0.05, 0) is 6.54 Å². The Morgan fingerprint density at radius 2 is 2.45 bits per heavy atom. The summed E-state index contributed by atoms with van der Waals surface area (Å²) in [4.78, 5) is 0. The zero-order valence-electron chi connectivity index (χ0n) is 7.05. The Bertz CT molecular complexity index is 96.1. The normalized spacial score (nSPS) is 12.9. The summed E-state index contributed by atoms with van der Waals surface area (Å²) >= 11 is 0. The van der Waals surface area contributed by atoms with Gasteiger partial charge in [-0.15, -0.1) is 6.58 Å². The summed E-state index contributed by atoms with van der Waals surface area (Å²) in [6.07, 6.45) is 1.26. The molecule has 1 unspecified atom stereocenters. The van der Waals surface area contributed by atoms with Gasteiger partial charge in [0.15, 0.2) is 0 Å². The molecule has 3 nitrogen and oxygen atoms in total. The van der Waals surface area contributed by atoms with E-state index < -0.39 is 6.10 Å². The number of nitrogens with one attached hydrogen (secondary N) is 1. The Morgan fingerprint density at radius 3 is 3.00 bits per heavy atom. The van der Waals surface area contributed by atoms with Gasteiger partial charge in [-0.2, -0.15) is 0 Å². The van der Waals surface area contributed by atoms with E-state index in [4.69, 9.17) is 4.74 Å². The van der Waals surface area contributed by atoms with Crippen LogP contribution in [0.4, 0.5) is 0 Å². The summed E-state index contributed by atoms with van der Waals surface area (Å²) < 4.78 is 5.03. The first-order valence-electron chi connectivity index (χ1n) is 3.88. The molecule has 0 amide bonds. The predicted octanol–water partition coefficient (Wildman–Crippen LogP) is 0.159. The van der Waals surface area contributed by atoms with Gasteiger partial charge in [0.2, 0.25) is 0 Å². The Morgan fingerprint density at radius 1 is 1.73 bits per heavy atom. The average molecular weight is 159 g/mol. The van der Waals surface area contributed by atoms with E-state index in [0.717, 1.165) is 6.54 Å². The molecule has 0 heterocycles. The molecule has 0 rings (SSSR count). The minimum atomic E-state index is -0.408. The maximum Gasteiger partial charge on any atom is 0.0897 e. The lowest BCUT2D eigenvalue weighted by Crippen LogP contribution is -2.30. The fourth-order valence-corrected chi connectivity index (χ4v) is 0.657. The molecule has 0 aromatic carbocycles. The van der Waals surface area contributed by atoms with E-state index >= 15 is 0 Å². The van der Waals surface area contributed by atoms with E-state index in [0.29, 0.717) is 19.8 Å². The zero-order chi connectivity index (χ0) is 8.53. The number of hydrogen-bond acceptors (Lipinski definition) is 3. The van der Waals surface area contributed by atoms with Gasteiger partial charge in [0.1, 0.15) is 0 Å². The largest absolute Gasteiger partial charge is 0.389 e. The van der Waals surface area contributed by atoms with Gasteiger partial charge in [-0.1, -0.05) is 13.0 Å². The monoisotopic (exact) mass is 159 g/mol. The topological polar surface area (TPSA) is 41.5 Å². The van der Waals surface area contributed by atoms with E-state index in [-0.39, 0.29) is 0 Å². The molecule has 0 saturated carbocycles. The molecule has 0 saturated heterocycles.